The van der Waals surface area contributed by atoms with Crippen molar-refractivity contribution >= 4 is 29.7 Å². The minimum Gasteiger partial charge on any atom is -0.335 e. The molecule has 1 aliphatic carbocycles. The number of hydrogen-bond donors (Lipinski definition) is 1. The molecule has 0 aliphatic heterocycles. The molecule has 6 heteroatoms. The molecule has 4 nitrogen and oxygen atoms in total. The summed E-state index contributed by atoms with van der Waals surface area (Å²) in [6, 6.07) is 0.419. The van der Waals surface area contributed by atoms with E-state index in [4.69, 9.17) is 5.73 Å². The van der Waals surface area contributed by atoms with E-state index in [2.05, 4.69) is 4.98 Å². The fraction of sp³-hybridized carbons (Fsp3) is 0.692. The SMILES string of the molecule is CCN(C(=O)c1csc(CCN)n1)C1CCCC1.Cl. The highest BCUT2D eigenvalue weighted by Crippen LogP contribution is 2.25. The number of rotatable bonds is 5. The Kier molecular flexibility index (Phi) is 6.75. The Labute approximate surface area is 124 Å². The molecule has 0 spiro atoms. The number of aromatic nitrogens is 1. The first-order chi connectivity index (χ1) is 8.76. The van der Waals surface area contributed by atoms with Crippen molar-refractivity contribution in [3.8, 4) is 0 Å². The van der Waals surface area contributed by atoms with E-state index in [1.54, 1.807) is 0 Å². The number of thiazole rings is 1. The molecule has 1 aromatic heterocycles. The van der Waals surface area contributed by atoms with Crippen LogP contribution in [0.3, 0.4) is 0 Å². The van der Waals surface area contributed by atoms with E-state index in [9.17, 15) is 4.79 Å². The van der Waals surface area contributed by atoms with E-state index in [0.717, 1.165) is 30.8 Å². The molecule has 1 heterocycles. The largest absolute Gasteiger partial charge is 0.335 e. The van der Waals surface area contributed by atoms with Crippen molar-refractivity contribution in [3.05, 3.63) is 16.1 Å². The van der Waals surface area contributed by atoms with Crippen LogP contribution in [-0.4, -0.2) is 34.9 Å². The molecule has 1 amide bonds. The normalized spacial score (nSPS) is 15.3. The molecule has 1 aliphatic rings. The highest BCUT2D eigenvalue weighted by atomic mass is 35.5. The van der Waals surface area contributed by atoms with Gasteiger partial charge in [0.05, 0.1) is 5.01 Å². The molecule has 108 valence electrons. The monoisotopic (exact) mass is 303 g/mol. The van der Waals surface area contributed by atoms with Crippen molar-refractivity contribution in [1.82, 2.24) is 9.88 Å². The number of hydrogen-bond acceptors (Lipinski definition) is 4. The van der Waals surface area contributed by atoms with Gasteiger partial charge in [-0.05, 0) is 26.3 Å². The van der Waals surface area contributed by atoms with Gasteiger partial charge in [0.1, 0.15) is 5.69 Å². The minimum atomic E-state index is 0. The van der Waals surface area contributed by atoms with Gasteiger partial charge in [-0.15, -0.1) is 23.7 Å². The van der Waals surface area contributed by atoms with Crippen LogP contribution in [0, 0.1) is 0 Å². The number of amides is 1. The lowest BCUT2D eigenvalue weighted by Gasteiger charge is -2.26. The maximum Gasteiger partial charge on any atom is 0.273 e. The lowest BCUT2D eigenvalue weighted by molar-refractivity contribution is 0.0688. The van der Waals surface area contributed by atoms with E-state index >= 15 is 0 Å². The highest BCUT2D eigenvalue weighted by Gasteiger charge is 2.27. The second kappa shape index (κ2) is 7.82. The average molecular weight is 304 g/mol. The first-order valence-corrected chi connectivity index (χ1v) is 7.59. The topological polar surface area (TPSA) is 59.2 Å². The van der Waals surface area contributed by atoms with Gasteiger partial charge in [-0.25, -0.2) is 4.98 Å². The van der Waals surface area contributed by atoms with Crippen LogP contribution in [0.25, 0.3) is 0 Å². The van der Waals surface area contributed by atoms with E-state index in [-0.39, 0.29) is 18.3 Å². The number of carbonyl (C=O) groups is 1. The lowest BCUT2D eigenvalue weighted by atomic mass is 10.2. The van der Waals surface area contributed by atoms with Gasteiger partial charge < -0.3 is 10.6 Å². The van der Waals surface area contributed by atoms with Crippen molar-refractivity contribution in [2.24, 2.45) is 5.73 Å². The zero-order chi connectivity index (χ0) is 13.0. The number of nitrogens with zero attached hydrogens (tertiary/aromatic N) is 2. The summed E-state index contributed by atoms with van der Waals surface area (Å²) in [5.41, 5.74) is 6.10. The molecule has 1 fully saturated rings. The predicted molar refractivity (Wildman–Crippen MR) is 81.1 cm³/mol. The average Bonchev–Trinajstić information content (AvgIpc) is 3.01. The number of carbonyl (C=O) groups excluding carboxylic acids is 1. The second-order valence-corrected chi connectivity index (χ2v) is 5.64. The molecule has 2 N–H and O–H groups in total. The van der Waals surface area contributed by atoms with Crippen LogP contribution in [0.15, 0.2) is 5.38 Å². The molecule has 0 atom stereocenters. The summed E-state index contributed by atoms with van der Waals surface area (Å²) in [6.45, 7) is 3.40. The maximum absolute atomic E-state index is 12.4. The Morgan fingerprint density at radius 3 is 2.79 bits per heavy atom. The van der Waals surface area contributed by atoms with E-state index in [0.29, 0.717) is 18.3 Å². The number of nitrogens with two attached hydrogens (primary N) is 1. The minimum absolute atomic E-state index is 0. The third-order valence-electron chi connectivity index (χ3n) is 3.50. The zero-order valence-corrected chi connectivity index (χ0v) is 12.9. The smallest absolute Gasteiger partial charge is 0.273 e. The zero-order valence-electron chi connectivity index (χ0n) is 11.3. The van der Waals surface area contributed by atoms with Crippen molar-refractivity contribution in [3.63, 3.8) is 0 Å². The Morgan fingerprint density at radius 2 is 2.21 bits per heavy atom. The van der Waals surface area contributed by atoms with Crippen molar-refractivity contribution in [1.29, 1.82) is 0 Å². The van der Waals surface area contributed by atoms with Gasteiger partial charge in [-0.3, -0.25) is 4.79 Å². The van der Waals surface area contributed by atoms with Gasteiger partial charge >= 0.3 is 0 Å². The van der Waals surface area contributed by atoms with Crippen molar-refractivity contribution in [2.75, 3.05) is 13.1 Å². The molecule has 19 heavy (non-hydrogen) atoms. The second-order valence-electron chi connectivity index (χ2n) is 4.69. The van der Waals surface area contributed by atoms with E-state index in [1.165, 1.54) is 24.2 Å². The molecule has 0 saturated heterocycles. The fourth-order valence-electron chi connectivity index (χ4n) is 2.58. The molecule has 0 unspecified atom stereocenters. The quantitative estimate of drug-likeness (QED) is 0.909. The van der Waals surface area contributed by atoms with Gasteiger partial charge in [0.25, 0.3) is 5.91 Å². The van der Waals surface area contributed by atoms with Crippen LogP contribution in [0.1, 0.15) is 48.1 Å². The van der Waals surface area contributed by atoms with E-state index < -0.39 is 0 Å². The van der Waals surface area contributed by atoms with Crippen LogP contribution in [0.5, 0.6) is 0 Å². The summed E-state index contributed by atoms with van der Waals surface area (Å²) < 4.78 is 0. The molecule has 0 radical (unpaired) electrons. The van der Waals surface area contributed by atoms with E-state index in [1.807, 2.05) is 17.2 Å². The van der Waals surface area contributed by atoms with Crippen LogP contribution >= 0.6 is 23.7 Å². The summed E-state index contributed by atoms with van der Waals surface area (Å²) >= 11 is 1.53. The number of halogens is 1. The third kappa shape index (κ3) is 3.91. The highest BCUT2D eigenvalue weighted by molar-refractivity contribution is 7.09. The molecule has 0 aromatic carbocycles. The van der Waals surface area contributed by atoms with Gasteiger partial charge in [-0.1, -0.05) is 12.8 Å². The van der Waals surface area contributed by atoms with Crippen LogP contribution < -0.4 is 5.73 Å². The first-order valence-electron chi connectivity index (χ1n) is 6.71. The summed E-state index contributed by atoms with van der Waals surface area (Å²) in [5, 5.41) is 2.83. The summed E-state index contributed by atoms with van der Waals surface area (Å²) in [5.74, 6) is 0.0870. The van der Waals surface area contributed by atoms with Gasteiger partial charge in [0.2, 0.25) is 0 Å². The molecular formula is C13H22ClN3OS. The predicted octanol–water partition coefficient (Wildman–Crippen LogP) is 2.47. The molecule has 2 rings (SSSR count). The van der Waals surface area contributed by atoms with Gasteiger partial charge in [-0.2, -0.15) is 0 Å². The molecular weight excluding hydrogens is 282 g/mol. The van der Waals surface area contributed by atoms with Crippen molar-refractivity contribution < 1.29 is 4.79 Å². The Morgan fingerprint density at radius 1 is 1.53 bits per heavy atom. The van der Waals surface area contributed by atoms with Crippen LogP contribution in [-0.2, 0) is 6.42 Å². The maximum atomic E-state index is 12.4. The standard InChI is InChI=1S/C13H21N3OS.ClH/c1-2-16(10-5-3-4-6-10)13(17)11-9-18-12(15-11)7-8-14;/h9-10H,2-8,14H2,1H3;1H. The lowest BCUT2D eigenvalue weighted by Crippen LogP contribution is -2.38. The third-order valence-corrected chi connectivity index (χ3v) is 4.40. The first kappa shape index (κ1) is 16.4. The molecule has 1 aromatic rings. The van der Waals surface area contributed by atoms with Gasteiger partial charge in [0.15, 0.2) is 0 Å². The summed E-state index contributed by atoms with van der Waals surface area (Å²) in [4.78, 5) is 18.8. The van der Waals surface area contributed by atoms with Crippen LogP contribution in [0.4, 0.5) is 0 Å². The fourth-order valence-corrected chi connectivity index (χ4v) is 3.37. The summed E-state index contributed by atoms with van der Waals surface area (Å²) in [6.07, 6.45) is 5.51. The molecule has 0 bridgehead atoms. The Balaban J connectivity index is 0.00000180. The summed E-state index contributed by atoms with van der Waals surface area (Å²) in [7, 11) is 0. The Hall–Kier alpha value is -0.650. The molecule has 1 saturated carbocycles. The van der Waals surface area contributed by atoms with Gasteiger partial charge in [0, 0.05) is 24.4 Å². The van der Waals surface area contributed by atoms with Crippen molar-refractivity contribution in [2.45, 2.75) is 45.1 Å². The van der Waals surface area contributed by atoms with Crippen LogP contribution in [0.2, 0.25) is 0 Å². The Bertz CT molecular complexity index is 404.